The number of nitrogens with one attached hydrogen (secondary N) is 1. The number of hydrogen-bond acceptors (Lipinski definition) is 4. The lowest BCUT2D eigenvalue weighted by Gasteiger charge is -2.38. The van der Waals surface area contributed by atoms with E-state index >= 15 is 0 Å². The van der Waals surface area contributed by atoms with Gasteiger partial charge in [0, 0.05) is 32.6 Å². The molecule has 0 atom stereocenters. The zero-order valence-electron chi connectivity index (χ0n) is 11.0. The molecule has 0 unspecified atom stereocenters. The van der Waals surface area contributed by atoms with Crippen LogP contribution >= 0.6 is 0 Å². The smallest absolute Gasteiger partial charge is 0.220 e. The van der Waals surface area contributed by atoms with E-state index in [0.29, 0.717) is 19.5 Å². The third-order valence-electron chi connectivity index (χ3n) is 2.86. The second-order valence-corrected chi connectivity index (χ2v) is 5.13. The minimum Gasteiger partial charge on any atom is -0.373 e. The van der Waals surface area contributed by atoms with Gasteiger partial charge in [-0.3, -0.25) is 9.69 Å². The number of morpholine rings is 1. The Morgan fingerprint density at radius 3 is 2.94 bits per heavy atom. The second-order valence-electron chi connectivity index (χ2n) is 5.13. The fourth-order valence-electron chi connectivity index (χ4n) is 2.01. The van der Waals surface area contributed by atoms with Gasteiger partial charge in [-0.05, 0) is 26.8 Å². The van der Waals surface area contributed by atoms with E-state index in [1.807, 2.05) is 0 Å². The van der Waals surface area contributed by atoms with Crippen LogP contribution in [0.15, 0.2) is 0 Å². The minimum absolute atomic E-state index is 0.0677. The van der Waals surface area contributed by atoms with Crippen LogP contribution in [0, 0.1) is 0 Å². The summed E-state index contributed by atoms with van der Waals surface area (Å²) in [6.45, 7) is 9.01. The lowest BCUT2D eigenvalue weighted by Crippen LogP contribution is -2.50. The topological polar surface area (TPSA) is 67.6 Å². The van der Waals surface area contributed by atoms with E-state index in [1.54, 1.807) is 0 Å². The lowest BCUT2D eigenvalue weighted by molar-refractivity contribution is -0.121. The van der Waals surface area contributed by atoms with Gasteiger partial charge in [-0.25, -0.2) is 0 Å². The summed E-state index contributed by atoms with van der Waals surface area (Å²) in [4.78, 5) is 13.7. The van der Waals surface area contributed by atoms with E-state index in [2.05, 4.69) is 24.1 Å². The molecule has 0 radical (unpaired) electrons. The van der Waals surface area contributed by atoms with Crippen LogP contribution in [0.4, 0.5) is 0 Å². The standard InChI is InChI=1S/C12H25N3O2/c1-12(2)10-15(8-9-17-12)7-6-14-11(16)4-3-5-13/h3-10,13H2,1-2H3,(H,14,16). The fourth-order valence-corrected chi connectivity index (χ4v) is 2.01. The van der Waals surface area contributed by atoms with Crippen molar-refractivity contribution in [1.82, 2.24) is 10.2 Å². The number of amides is 1. The van der Waals surface area contributed by atoms with Gasteiger partial charge < -0.3 is 15.8 Å². The van der Waals surface area contributed by atoms with E-state index in [9.17, 15) is 4.79 Å². The Kier molecular flexibility index (Phi) is 5.88. The summed E-state index contributed by atoms with van der Waals surface area (Å²) >= 11 is 0. The summed E-state index contributed by atoms with van der Waals surface area (Å²) in [5.41, 5.74) is 5.28. The van der Waals surface area contributed by atoms with E-state index < -0.39 is 0 Å². The number of carbonyl (C=O) groups is 1. The molecular formula is C12H25N3O2. The van der Waals surface area contributed by atoms with Crippen molar-refractivity contribution in [3.05, 3.63) is 0 Å². The molecule has 1 rings (SSSR count). The van der Waals surface area contributed by atoms with Crippen LogP contribution in [-0.2, 0) is 9.53 Å². The third-order valence-corrected chi connectivity index (χ3v) is 2.86. The molecule has 0 aromatic carbocycles. The molecule has 1 aliphatic heterocycles. The van der Waals surface area contributed by atoms with E-state index in [0.717, 1.165) is 32.7 Å². The maximum atomic E-state index is 11.4. The predicted molar refractivity (Wildman–Crippen MR) is 67.8 cm³/mol. The van der Waals surface area contributed by atoms with Crippen molar-refractivity contribution in [3.8, 4) is 0 Å². The van der Waals surface area contributed by atoms with Crippen LogP contribution in [0.2, 0.25) is 0 Å². The van der Waals surface area contributed by atoms with Crippen molar-refractivity contribution in [1.29, 1.82) is 0 Å². The van der Waals surface area contributed by atoms with Crippen LogP contribution in [0.1, 0.15) is 26.7 Å². The molecule has 0 saturated carbocycles. The van der Waals surface area contributed by atoms with Gasteiger partial charge >= 0.3 is 0 Å². The Morgan fingerprint density at radius 2 is 2.29 bits per heavy atom. The van der Waals surface area contributed by atoms with Crippen molar-refractivity contribution >= 4 is 5.91 Å². The molecule has 3 N–H and O–H groups in total. The first-order chi connectivity index (χ1) is 8.03. The van der Waals surface area contributed by atoms with Crippen LogP contribution in [0.5, 0.6) is 0 Å². The molecule has 1 fully saturated rings. The molecule has 1 amide bonds. The van der Waals surface area contributed by atoms with Crippen LogP contribution in [0.3, 0.4) is 0 Å². The van der Waals surface area contributed by atoms with Crippen molar-refractivity contribution < 1.29 is 9.53 Å². The Bertz CT molecular complexity index is 244. The Labute approximate surface area is 104 Å². The highest BCUT2D eigenvalue weighted by molar-refractivity contribution is 5.75. The summed E-state index contributed by atoms with van der Waals surface area (Å²) in [6.07, 6.45) is 1.29. The molecule has 0 aliphatic carbocycles. The van der Waals surface area contributed by atoms with Crippen molar-refractivity contribution in [2.45, 2.75) is 32.3 Å². The molecule has 0 aromatic heterocycles. The van der Waals surface area contributed by atoms with Crippen LogP contribution in [-0.4, -0.2) is 55.7 Å². The monoisotopic (exact) mass is 243 g/mol. The van der Waals surface area contributed by atoms with Crippen LogP contribution < -0.4 is 11.1 Å². The fraction of sp³-hybridized carbons (Fsp3) is 0.917. The average molecular weight is 243 g/mol. The zero-order chi connectivity index (χ0) is 12.7. The molecule has 100 valence electrons. The Morgan fingerprint density at radius 1 is 1.53 bits per heavy atom. The minimum atomic E-state index is -0.0677. The highest BCUT2D eigenvalue weighted by atomic mass is 16.5. The number of hydrogen-bond donors (Lipinski definition) is 2. The quantitative estimate of drug-likeness (QED) is 0.686. The first kappa shape index (κ1) is 14.4. The molecule has 17 heavy (non-hydrogen) atoms. The van der Waals surface area contributed by atoms with Gasteiger partial charge in [0.1, 0.15) is 0 Å². The Hall–Kier alpha value is -0.650. The van der Waals surface area contributed by atoms with Crippen LogP contribution in [0.25, 0.3) is 0 Å². The van der Waals surface area contributed by atoms with Gasteiger partial charge in [0.25, 0.3) is 0 Å². The van der Waals surface area contributed by atoms with Crippen molar-refractivity contribution in [3.63, 3.8) is 0 Å². The first-order valence-corrected chi connectivity index (χ1v) is 6.36. The lowest BCUT2D eigenvalue weighted by atomic mass is 10.1. The first-order valence-electron chi connectivity index (χ1n) is 6.36. The number of nitrogens with two attached hydrogens (primary N) is 1. The largest absolute Gasteiger partial charge is 0.373 e. The van der Waals surface area contributed by atoms with Crippen molar-refractivity contribution in [2.75, 3.05) is 39.3 Å². The molecule has 5 heteroatoms. The maximum Gasteiger partial charge on any atom is 0.220 e. The molecule has 1 heterocycles. The molecule has 0 spiro atoms. The van der Waals surface area contributed by atoms with Gasteiger partial charge in [0.15, 0.2) is 0 Å². The number of ether oxygens (including phenoxy) is 1. The normalized spacial score (nSPS) is 20.2. The second kappa shape index (κ2) is 6.93. The predicted octanol–water partition coefficient (Wildman–Crippen LogP) is -0.0477. The third kappa shape index (κ3) is 6.00. The molecule has 1 saturated heterocycles. The van der Waals surface area contributed by atoms with E-state index in [-0.39, 0.29) is 11.5 Å². The average Bonchev–Trinajstić information content (AvgIpc) is 2.25. The molecule has 1 aliphatic rings. The van der Waals surface area contributed by atoms with Gasteiger partial charge in [-0.15, -0.1) is 0 Å². The number of rotatable bonds is 6. The highest BCUT2D eigenvalue weighted by Gasteiger charge is 2.26. The van der Waals surface area contributed by atoms with Gasteiger partial charge in [-0.1, -0.05) is 0 Å². The van der Waals surface area contributed by atoms with Gasteiger partial charge in [0.05, 0.1) is 12.2 Å². The van der Waals surface area contributed by atoms with Crippen molar-refractivity contribution in [2.24, 2.45) is 5.73 Å². The van der Waals surface area contributed by atoms with E-state index in [1.165, 1.54) is 0 Å². The number of nitrogens with zero attached hydrogens (tertiary/aromatic N) is 1. The molecule has 0 bridgehead atoms. The molecule has 5 nitrogen and oxygen atoms in total. The summed E-state index contributed by atoms with van der Waals surface area (Å²) in [5, 5.41) is 2.92. The molecule has 0 aromatic rings. The maximum absolute atomic E-state index is 11.4. The summed E-state index contributed by atoms with van der Waals surface area (Å²) in [6, 6.07) is 0. The summed E-state index contributed by atoms with van der Waals surface area (Å²) in [5.74, 6) is 0.1000. The SMILES string of the molecule is CC1(C)CN(CCNC(=O)CCCN)CCO1. The zero-order valence-corrected chi connectivity index (χ0v) is 11.0. The summed E-state index contributed by atoms with van der Waals surface area (Å²) in [7, 11) is 0. The van der Waals surface area contributed by atoms with Gasteiger partial charge in [-0.2, -0.15) is 0 Å². The molecular weight excluding hydrogens is 218 g/mol. The van der Waals surface area contributed by atoms with E-state index in [4.69, 9.17) is 10.5 Å². The van der Waals surface area contributed by atoms with Gasteiger partial charge in [0.2, 0.25) is 5.91 Å². The number of carbonyl (C=O) groups excluding carboxylic acids is 1. The highest BCUT2D eigenvalue weighted by Crippen LogP contribution is 2.15. The Balaban J connectivity index is 2.12. The summed E-state index contributed by atoms with van der Waals surface area (Å²) < 4.78 is 5.63.